The van der Waals surface area contributed by atoms with E-state index in [0.29, 0.717) is 0 Å². The fourth-order valence-corrected chi connectivity index (χ4v) is 3.40. The number of pyridine rings is 1. The van der Waals surface area contributed by atoms with Crippen LogP contribution in [0.3, 0.4) is 0 Å². The quantitative estimate of drug-likeness (QED) is 0.764. The standard InChI is InChI=1S/C14H14ClNS/c1-8-5-9(15)6-11-12(7-17)10-3-2-4-13(10)16-14(8)11/h5-6,17H,2-4,7H2,1H3. The van der Waals surface area contributed by atoms with Gasteiger partial charge >= 0.3 is 0 Å². The molecule has 1 aliphatic carbocycles. The van der Waals surface area contributed by atoms with Crippen molar-refractivity contribution in [2.75, 3.05) is 0 Å². The first-order valence-corrected chi connectivity index (χ1v) is 6.93. The second-order valence-electron chi connectivity index (χ2n) is 4.65. The van der Waals surface area contributed by atoms with Crippen LogP contribution in [0.4, 0.5) is 0 Å². The summed E-state index contributed by atoms with van der Waals surface area (Å²) >= 11 is 10.6. The summed E-state index contributed by atoms with van der Waals surface area (Å²) in [4.78, 5) is 4.81. The molecule has 0 amide bonds. The average Bonchev–Trinajstić information content (AvgIpc) is 2.74. The Labute approximate surface area is 112 Å². The Morgan fingerprint density at radius 2 is 2.18 bits per heavy atom. The van der Waals surface area contributed by atoms with Gasteiger partial charge in [0.2, 0.25) is 0 Å². The summed E-state index contributed by atoms with van der Waals surface area (Å²) < 4.78 is 0. The number of hydrogen-bond acceptors (Lipinski definition) is 2. The van der Waals surface area contributed by atoms with E-state index in [1.54, 1.807) is 0 Å². The number of nitrogens with zero attached hydrogens (tertiary/aromatic N) is 1. The summed E-state index contributed by atoms with van der Waals surface area (Å²) in [6.45, 7) is 2.07. The predicted molar refractivity (Wildman–Crippen MR) is 76.2 cm³/mol. The van der Waals surface area contributed by atoms with Crippen LogP contribution in [-0.4, -0.2) is 4.98 Å². The van der Waals surface area contributed by atoms with E-state index in [1.165, 1.54) is 28.6 Å². The monoisotopic (exact) mass is 263 g/mol. The minimum atomic E-state index is 0.765. The van der Waals surface area contributed by atoms with Crippen molar-refractivity contribution in [3.05, 3.63) is 39.5 Å². The van der Waals surface area contributed by atoms with Gasteiger partial charge in [-0.2, -0.15) is 12.6 Å². The molecular weight excluding hydrogens is 250 g/mol. The number of thiol groups is 1. The van der Waals surface area contributed by atoms with Crippen molar-refractivity contribution in [3.63, 3.8) is 0 Å². The lowest BCUT2D eigenvalue weighted by atomic mass is 10.0. The van der Waals surface area contributed by atoms with Crippen LogP contribution in [0.15, 0.2) is 12.1 Å². The molecule has 17 heavy (non-hydrogen) atoms. The van der Waals surface area contributed by atoms with E-state index >= 15 is 0 Å². The maximum Gasteiger partial charge on any atom is 0.0738 e. The fourth-order valence-electron chi connectivity index (χ4n) is 2.77. The van der Waals surface area contributed by atoms with E-state index in [2.05, 4.69) is 19.6 Å². The summed E-state index contributed by atoms with van der Waals surface area (Å²) in [5.74, 6) is 0.765. The average molecular weight is 264 g/mol. The van der Waals surface area contributed by atoms with Crippen molar-refractivity contribution in [3.8, 4) is 0 Å². The minimum Gasteiger partial charge on any atom is -0.252 e. The van der Waals surface area contributed by atoms with Crippen molar-refractivity contribution >= 4 is 35.1 Å². The van der Waals surface area contributed by atoms with Crippen molar-refractivity contribution in [1.29, 1.82) is 0 Å². The van der Waals surface area contributed by atoms with Gasteiger partial charge < -0.3 is 0 Å². The molecule has 3 rings (SSSR count). The van der Waals surface area contributed by atoms with Crippen LogP contribution in [0.5, 0.6) is 0 Å². The maximum atomic E-state index is 6.15. The van der Waals surface area contributed by atoms with Gasteiger partial charge in [0.05, 0.1) is 5.52 Å². The summed E-state index contributed by atoms with van der Waals surface area (Å²) in [6.07, 6.45) is 3.46. The molecule has 0 N–H and O–H groups in total. The van der Waals surface area contributed by atoms with Crippen LogP contribution in [-0.2, 0) is 18.6 Å². The Kier molecular flexibility index (Phi) is 2.80. The fraction of sp³-hybridized carbons (Fsp3) is 0.357. The van der Waals surface area contributed by atoms with Gasteiger partial charge in [0, 0.05) is 21.9 Å². The van der Waals surface area contributed by atoms with Crippen molar-refractivity contribution in [1.82, 2.24) is 4.98 Å². The number of hydrogen-bond donors (Lipinski definition) is 1. The van der Waals surface area contributed by atoms with Crippen molar-refractivity contribution in [2.45, 2.75) is 31.9 Å². The molecule has 0 fully saturated rings. The molecule has 0 saturated heterocycles. The number of aryl methyl sites for hydroxylation is 2. The Hall–Kier alpha value is -0.730. The summed E-state index contributed by atoms with van der Waals surface area (Å²) in [5.41, 5.74) is 6.27. The highest BCUT2D eigenvalue weighted by molar-refractivity contribution is 7.79. The van der Waals surface area contributed by atoms with Gasteiger partial charge in [-0.1, -0.05) is 11.6 Å². The molecule has 3 heteroatoms. The summed E-state index contributed by atoms with van der Waals surface area (Å²) in [7, 11) is 0. The van der Waals surface area contributed by atoms with Gasteiger partial charge in [0.1, 0.15) is 0 Å². The topological polar surface area (TPSA) is 12.9 Å². The highest BCUT2D eigenvalue weighted by Gasteiger charge is 2.19. The molecule has 1 heterocycles. The van der Waals surface area contributed by atoms with Crippen LogP contribution in [0.1, 0.15) is 28.8 Å². The van der Waals surface area contributed by atoms with Gasteiger partial charge in [-0.3, -0.25) is 4.98 Å². The Morgan fingerprint density at radius 1 is 1.35 bits per heavy atom. The van der Waals surface area contributed by atoms with E-state index < -0.39 is 0 Å². The van der Waals surface area contributed by atoms with E-state index in [1.807, 2.05) is 12.1 Å². The largest absolute Gasteiger partial charge is 0.252 e. The third kappa shape index (κ3) is 1.74. The molecule has 0 atom stereocenters. The zero-order chi connectivity index (χ0) is 12.0. The van der Waals surface area contributed by atoms with Gasteiger partial charge in [0.25, 0.3) is 0 Å². The summed E-state index contributed by atoms with van der Waals surface area (Å²) in [5, 5.41) is 1.98. The molecule has 1 aromatic heterocycles. The molecule has 1 aliphatic rings. The Morgan fingerprint density at radius 3 is 2.94 bits per heavy atom. The van der Waals surface area contributed by atoms with Gasteiger partial charge in [0.15, 0.2) is 0 Å². The summed E-state index contributed by atoms with van der Waals surface area (Å²) in [6, 6.07) is 4.02. The van der Waals surface area contributed by atoms with Gasteiger partial charge in [-0.25, -0.2) is 0 Å². The lowest BCUT2D eigenvalue weighted by Gasteiger charge is -2.12. The number of rotatable bonds is 1. The molecule has 0 saturated carbocycles. The van der Waals surface area contributed by atoms with Crippen LogP contribution in [0.25, 0.3) is 10.9 Å². The molecule has 2 aromatic rings. The molecule has 1 aromatic carbocycles. The minimum absolute atomic E-state index is 0.765. The van der Waals surface area contributed by atoms with Crippen molar-refractivity contribution in [2.24, 2.45) is 0 Å². The zero-order valence-electron chi connectivity index (χ0n) is 9.76. The predicted octanol–water partition coefficient (Wildman–Crippen LogP) is 4.12. The van der Waals surface area contributed by atoms with E-state index in [0.717, 1.165) is 34.7 Å². The first-order chi connectivity index (χ1) is 8.20. The van der Waals surface area contributed by atoms with Crippen LogP contribution >= 0.6 is 24.2 Å². The Bertz CT molecular complexity index is 607. The van der Waals surface area contributed by atoms with Gasteiger partial charge in [-0.05, 0) is 55.0 Å². The highest BCUT2D eigenvalue weighted by atomic mass is 35.5. The van der Waals surface area contributed by atoms with Gasteiger partial charge in [-0.15, -0.1) is 0 Å². The molecule has 0 aliphatic heterocycles. The third-order valence-corrected chi connectivity index (χ3v) is 4.08. The first kappa shape index (κ1) is 11.4. The maximum absolute atomic E-state index is 6.15. The second kappa shape index (κ2) is 4.18. The van der Waals surface area contributed by atoms with Crippen molar-refractivity contribution < 1.29 is 0 Å². The Balaban J connectivity index is 2.45. The lowest BCUT2D eigenvalue weighted by Crippen LogP contribution is -1.98. The SMILES string of the molecule is Cc1cc(Cl)cc2c(CS)c3c(nc12)CCC3. The van der Waals surface area contributed by atoms with Crippen LogP contribution in [0, 0.1) is 6.92 Å². The van der Waals surface area contributed by atoms with E-state index in [9.17, 15) is 0 Å². The molecule has 0 spiro atoms. The zero-order valence-corrected chi connectivity index (χ0v) is 11.4. The van der Waals surface area contributed by atoms with E-state index in [-0.39, 0.29) is 0 Å². The number of halogens is 1. The molecular formula is C14H14ClNS. The molecule has 1 nitrogen and oxygen atoms in total. The van der Waals surface area contributed by atoms with Crippen LogP contribution < -0.4 is 0 Å². The molecule has 0 bridgehead atoms. The molecule has 88 valence electrons. The third-order valence-electron chi connectivity index (χ3n) is 3.55. The number of aromatic nitrogens is 1. The first-order valence-electron chi connectivity index (χ1n) is 5.92. The molecule has 0 unspecified atom stereocenters. The normalized spacial score (nSPS) is 14.3. The molecule has 0 radical (unpaired) electrons. The van der Waals surface area contributed by atoms with Crippen LogP contribution in [0.2, 0.25) is 5.02 Å². The number of benzene rings is 1. The smallest absolute Gasteiger partial charge is 0.0738 e. The van der Waals surface area contributed by atoms with E-state index in [4.69, 9.17) is 16.6 Å². The lowest BCUT2D eigenvalue weighted by molar-refractivity contribution is 0.899. The highest BCUT2D eigenvalue weighted by Crippen LogP contribution is 2.33. The number of fused-ring (bicyclic) bond motifs is 2. The second-order valence-corrected chi connectivity index (χ2v) is 5.40.